The summed E-state index contributed by atoms with van der Waals surface area (Å²) in [5, 5.41) is 0.625. The molecule has 6 rings (SSSR count). The van der Waals surface area contributed by atoms with Crippen LogP contribution in [-0.4, -0.2) is 70.8 Å². The van der Waals surface area contributed by atoms with E-state index in [9.17, 15) is 14.0 Å². The number of nitrogens with zero attached hydrogens (tertiary/aromatic N) is 5. The topological polar surface area (TPSA) is 89.8 Å². The predicted octanol–water partition coefficient (Wildman–Crippen LogP) is 3.44. The Kier molecular flexibility index (Phi) is 5.92. The molecule has 0 radical (unpaired) electrons. The van der Waals surface area contributed by atoms with E-state index in [4.69, 9.17) is 26.1 Å². The van der Waals surface area contributed by atoms with Crippen molar-refractivity contribution in [1.82, 2.24) is 19.4 Å². The molecular weight excluding hydrogens is 513 g/mol. The zero-order valence-corrected chi connectivity index (χ0v) is 21.9. The number of carbonyl (C=O) groups is 1. The van der Waals surface area contributed by atoms with Gasteiger partial charge in [0.15, 0.2) is 11.4 Å². The molecule has 9 nitrogen and oxygen atoms in total. The van der Waals surface area contributed by atoms with E-state index in [0.29, 0.717) is 55.4 Å². The molecule has 2 aromatic heterocycles. The van der Waals surface area contributed by atoms with Gasteiger partial charge in [0, 0.05) is 30.6 Å². The number of carbonyl (C=O) groups excluding carboxylic acids is 1. The SMILES string of the molecule is C=CC(=O)N1CCN2c3nc(=O)n([C@@H]4COCC4(C)C)c4nc(-c5ccccc5F)c(Cl)c(c34)OC[C@H]2C1. The van der Waals surface area contributed by atoms with E-state index in [-0.39, 0.29) is 46.3 Å². The Labute approximate surface area is 223 Å². The summed E-state index contributed by atoms with van der Waals surface area (Å²) < 4.78 is 28.6. The fourth-order valence-corrected chi connectivity index (χ4v) is 5.91. The van der Waals surface area contributed by atoms with Crippen LogP contribution in [0.1, 0.15) is 19.9 Å². The summed E-state index contributed by atoms with van der Waals surface area (Å²) in [5.41, 5.74) is -0.172. The van der Waals surface area contributed by atoms with Crippen LogP contribution in [0.2, 0.25) is 5.02 Å². The molecule has 0 bridgehead atoms. The number of hydrogen-bond donors (Lipinski definition) is 0. The lowest BCUT2D eigenvalue weighted by atomic mass is 9.87. The van der Waals surface area contributed by atoms with Gasteiger partial charge in [-0.05, 0) is 18.2 Å². The molecule has 0 unspecified atom stereocenters. The van der Waals surface area contributed by atoms with Gasteiger partial charge in [0.05, 0.1) is 31.0 Å². The summed E-state index contributed by atoms with van der Waals surface area (Å²) in [6.07, 6.45) is 1.28. The number of halogens is 2. The van der Waals surface area contributed by atoms with Crippen LogP contribution in [0.4, 0.5) is 10.2 Å². The van der Waals surface area contributed by atoms with E-state index in [2.05, 4.69) is 11.6 Å². The minimum absolute atomic E-state index is 0.136. The van der Waals surface area contributed by atoms with Gasteiger partial charge in [-0.3, -0.25) is 9.36 Å². The Balaban J connectivity index is 1.63. The van der Waals surface area contributed by atoms with Crippen molar-refractivity contribution in [3.05, 3.63) is 58.2 Å². The van der Waals surface area contributed by atoms with Crippen LogP contribution < -0.4 is 15.3 Å². The second kappa shape index (κ2) is 9.06. The fourth-order valence-electron chi connectivity index (χ4n) is 5.62. The summed E-state index contributed by atoms with van der Waals surface area (Å²) in [6, 6.07) is 5.57. The van der Waals surface area contributed by atoms with Gasteiger partial charge in [-0.2, -0.15) is 4.98 Å². The Hall–Kier alpha value is -3.50. The van der Waals surface area contributed by atoms with Gasteiger partial charge in [-0.1, -0.05) is 44.2 Å². The second-order valence-electron chi connectivity index (χ2n) is 10.5. The number of fused-ring (bicyclic) bond motifs is 2. The van der Waals surface area contributed by atoms with Gasteiger partial charge < -0.3 is 19.3 Å². The van der Waals surface area contributed by atoms with Crippen molar-refractivity contribution in [2.24, 2.45) is 5.41 Å². The summed E-state index contributed by atoms with van der Waals surface area (Å²) in [5.74, 6) is 0.0188. The van der Waals surface area contributed by atoms with Crippen LogP contribution in [0.25, 0.3) is 22.3 Å². The fraction of sp³-hybridized carbons (Fsp3) is 0.407. The van der Waals surface area contributed by atoms with E-state index >= 15 is 0 Å². The van der Waals surface area contributed by atoms with Gasteiger partial charge in [-0.15, -0.1) is 0 Å². The van der Waals surface area contributed by atoms with Crippen LogP contribution in [-0.2, 0) is 9.53 Å². The van der Waals surface area contributed by atoms with Crippen LogP contribution >= 0.6 is 11.6 Å². The lowest BCUT2D eigenvalue weighted by Gasteiger charge is -2.40. The molecule has 0 spiro atoms. The Morgan fingerprint density at radius 1 is 1.24 bits per heavy atom. The van der Waals surface area contributed by atoms with Crippen molar-refractivity contribution in [2.45, 2.75) is 25.9 Å². The number of anilines is 1. The van der Waals surface area contributed by atoms with Gasteiger partial charge in [-0.25, -0.2) is 14.2 Å². The molecule has 0 saturated carbocycles. The smallest absolute Gasteiger partial charge is 0.351 e. The molecule has 2 fully saturated rings. The van der Waals surface area contributed by atoms with E-state index < -0.39 is 11.5 Å². The first-order chi connectivity index (χ1) is 18.2. The highest BCUT2D eigenvalue weighted by Crippen LogP contribution is 2.46. The monoisotopic (exact) mass is 539 g/mol. The van der Waals surface area contributed by atoms with Crippen molar-refractivity contribution in [3.63, 3.8) is 0 Å². The van der Waals surface area contributed by atoms with Gasteiger partial charge in [0.1, 0.15) is 28.7 Å². The van der Waals surface area contributed by atoms with Crippen LogP contribution in [0.3, 0.4) is 0 Å². The number of hydrogen-bond acceptors (Lipinski definition) is 7. The first kappa shape index (κ1) is 24.8. The molecule has 38 heavy (non-hydrogen) atoms. The molecule has 2 saturated heterocycles. The molecule has 1 aromatic carbocycles. The molecule has 0 aliphatic carbocycles. The Morgan fingerprint density at radius 3 is 2.74 bits per heavy atom. The van der Waals surface area contributed by atoms with Gasteiger partial charge in [0.25, 0.3) is 0 Å². The first-order valence-corrected chi connectivity index (χ1v) is 12.9. The molecule has 3 aliphatic rings. The maximum absolute atomic E-state index is 15.0. The molecule has 3 aliphatic heterocycles. The third kappa shape index (κ3) is 3.77. The number of ether oxygens (including phenoxy) is 2. The minimum atomic E-state index is -0.495. The lowest BCUT2D eigenvalue weighted by Crippen LogP contribution is -2.56. The highest BCUT2D eigenvalue weighted by molar-refractivity contribution is 6.36. The van der Waals surface area contributed by atoms with Crippen molar-refractivity contribution in [3.8, 4) is 17.0 Å². The number of pyridine rings is 1. The van der Waals surface area contributed by atoms with Gasteiger partial charge >= 0.3 is 5.69 Å². The number of amides is 1. The molecular formula is C27H27ClFN5O4. The first-order valence-electron chi connectivity index (χ1n) is 12.5. The number of piperazine rings is 1. The number of benzene rings is 1. The number of aromatic nitrogens is 3. The summed E-state index contributed by atoms with van der Waals surface area (Å²) in [6.45, 7) is 9.81. The van der Waals surface area contributed by atoms with Crippen molar-refractivity contribution < 1.29 is 18.7 Å². The lowest BCUT2D eigenvalue weighted by molar-refractivity contribution is -0.126. The molecule has 0 N–H and O–H groups in total. The van der Waals surface area contributed by atoms with Crippen LogP contribution in [0.15, 0.2) is 41.7 Å². The molecule has 11 heteroatoms. The molecule has 3 aromatic rings. The van der Waals surface area contributed by atoms with Crippen LogP contribution in [0, 0.1) is 11.2 Å². The zero-order chi connectivity index (χ0) is 26.8. The molecule has 5 heterocycles. The Morgan fingerprint density at radius 2 is 2.03 bits per heavy atom. The molecule has 1 amide bonds. The molecule has 2 atom stereocenters. The number of rotatable bonds is 3. The third-order valence-electron chi connectivity index (χ3n) is 7.69. The second-order valence-corrected chi connectivity index (χ2v) is 10.9. The van der Waals surface area contributed by atoms with Crippen molar-refractivity contribution in [1.29, 1.82) is 0 Å². The highest BCUT2D eigenvalue weighted by atomic mass is 35.5. The van der Waals surface area contributed by atoms with Crippen LogP contribution in [0.5, 0.6) is 5.75 Å². The average Bonchev–Trinajstić information content (AvgIpc) is 3.16. The van der Waals surface area contributed by atoms with E-state index in [0.717, 1.165) is 0 Å². The highest BCUT2D eigenvalue weighted by Gasteiger charge is 2.42. The van der Waals surface area contributed by atoms with Crippen molar-refractivity contribution in [2.75, 3.05) is 44.4 Å². The van der Waals surface area contributed by atoms with E-state index in [1.165, 1.54) is 16.7 Å². The Bertz CT molecular complexity index is 1540. The average molecular weight is 540 g/mol. The van der Waals surface area contributed by atoms with E-state index in [1.807, 2.05) is 18.7 Å². The summed E-state index contributed by atoms with van der Waals surface area (Å²) in [7, 11) is 0. The van der Waals surface area contributed by atoms with Gasteiger partial charge in [0.2, 0.25) is 5.91 Å². The maximum atomic E-state index is 15.0. The normalized spacial score (nSPS) is 22.1. The largest absolute Gasteiger partial charge is 0.489 e. The van der Waals surface area contributed by atoms with E-state index in [1.54, 1.807) is 23.1 Å². The third-order valence-corrected chi connectivity index (χ3v) is 8.04. The standard InChI is InChI=1S/C27H27ClFN5O4/c1-4-19(35)32-9-10-33-15(11-32)12-38-23-20-24(33)31-26(36)34(18-13-37-14-27(18,2)3)25(20)30-22(21(23)28)16-7-5-6-8-17(16)29/h4-8,15,18H,1,9-14H2,2-3H3/t15-,18-/m1/s1. The maximum Gasteiger partial charge on any atom is 0.351 e. The summed E-state index contributed by atoms with van der Waals surface area (Å²) >= 11 is 6.89. The summed E-state index contributed by atoms with van der Waals surface area (Å²) in [4.78, 5) is 39.1. The zero-order valence-electron chi connectivity index (χ0n) is 21.1. The minimum Gasteiger partial charge on any atom is -0.489 e. The van der Waals surface area contributed by atoms with Crippen molar-refractivity contribution >= 4 is 34.4 Å². The molecule has 198 valence electrons. The predicted molar refractivity (Wildman–Crippen MR) is 141 cm³/mol. The quantitative estimate of drug-likeness (QED) is 0.471.